The number of ether oxygens (including phenoxy) is 1. The normalized spacial score (nSPS) is 17.7. The third-order valence-electron chi connectivity index (χ3n) is 5.96. The Hall–Kier alpha value is -4.15. The monoisotopic (exact) mass is 466 g/mol. The molecule has 3 aromatic rings. The number of fused-ring (bicyclic) bond motifs is 1. The van der Waals surface area contributed by atoms with Crippen molar-refractivity contribution in [3.63, 3.8) is 0 Å². The van der Waals surface area contributed by atoms with Crippen LogP contribution < -0.4 is 20.7 Å². The van der Waals surface area contributed by atoms with Crippen LogP contribution in [0.1, 0.15) is 46.5 Å². The second kappa shape index (κ2) is 9.77. The first-order chi connectivity index (χ1) is 16.4. The van der Waals surface area contributed by atoms with Crippen molar-refractivity contribution in [1.82, 2.24) is 31.1 Å². The van der Waals surface area contributed by atoms with Crippen LogP contribution in [-0.4, -0.2) is 64.4 Å². The van der Waals surface area contributed by atoms with Gasteiger partial charge in [-0.15, -0.1) is 0 Å². The molecule has 5 N–H and O–H groups in total. The second-order valence-electron chi connectivity index (χ2n) is 8.18. The number of aromatic nitrogens is 3. The lowest BCUT2D eigenvalue weighted by Crippen LogP contribution is -2.45. The van der Waals surface area contributed by atoms with Gasteiger partial charge in [-0.05, 0) is 49.4 Å². The van der Waals surface area contributed by atoms with Crippen molar-refractivity contribution in [1.29, 1.82) is 0 Å². The molecule has 2 aromatic heterocycles. The smallest absolute Gasteiger partial charge is 0.404 e. The fourth-order valence-electron chi connectivity index (χ4n) is 4.32. The zero-order valence-electron chi connectivity index (χ0n) is 18.8. The fraction of sp³-hybridized carbons (Fsp3) is 0.348. The number of amides is 3. The fourth-order valence-corrected chi connectivity index (χ4v) is 4.32. The number of pyridine rings is 1. The van der Waals surface area contributed by atoms with E-state index in [-0.39, 0.29) is 35.3 Å². The first kappa shape index (κ1) is 23.0. The van der Waals surface area contributed by atoms with E-state index in [0.717, 1.165) is 24.8 Å². The van der Waals surface area contributed by atoms with Gasteiger partial charge in [0.1, 0.15) is 5.56 Å². The highest BCUT2D eigenvalue weighted by Crippen LogP contribution is 2.28. The van der Waals surface area contributed by atoms with E-state index in [2.05, 4.69) is 31.1 Å². The van der Waals surface area contributed by atoms with Crippen molar-refractivity contribution in [2.75, 3.05) is 14.2 Å². The van der Waals surface area contributed by atoms with Crippen LogP contribution in [0.2, 0.25) is 0 Å². The lowest BCUT2D eigenvalue weighted by Gasteiger charge is -2.29. The summed E-state index contributed by atoms with van der Waals surface area (Å²) < 4.78 is 5.31. The molecule has 178 valence electrons. The molecule has 0 saturated heterocycles. The molecular formula is C23H26N6O5. The number of carbonyl (C=O) groups excluding carboxylic acids is 2. The number of hydrogen-bond donors (Lipinski definition) is 5. The van der Waals surface area contributed by atoms with Crippen LogP contribution in [0.5, 0.6) is 5.88 Å². The molecule has 0 aliphatic heterocycles. The Morgan fingerprint density at radius 1 is 1.09 bits per heavy atom. The number of benzene rings is 1. The van der Waals surface area contributed by atoms with Crippen LogP contribution in [0.4, 0.5) is 4.79 Å². The average molecular weight is 466 g/mol. The maximum atomic E-state index is 13.1. The molecule has 34 heavy (non-hydrogen) atoms. The highest BCUT2D eigenvalue weighted by atomic mass is 16.5. The molecule has 0 spiro atoms. The molecule has 0 radical (unpaired) electrons. The third-order valence-corrected chi connectivity index (χ3v) is 5.96. The first-order valence-corrected chi connectivity index (χ1v) is 10.9. The van der Waals surface area contributed by atoms with E-state index in [1.807, 2.05) is 12.1 Å². The molecule has 2 atom stereocenters. The number of nitrogens with zero attached hydrogens (tertiary/aromatic N) is 2. The Kier molecular flexibility index (Phi) is 6.62. The summed E-state index contributed by atoms with van der Waals surface area (Å²) in [4.78, 5) is 40.3. The van der Waals surface area contributed by atoms with Crippen LogP contribution in [-0.2, 0) is 0 Å². The summed E-state index contributed by atoms with van der Waals surface area (Å²) in [6, 6.07) is 6.82. The predicted octanol–water partition coefficient (Wildman–Crippen LogP) is 2.30. The van der Waals surface area contributed by atoms with Crippen molar-refractivity contribution in [3.05, 3.63) is 41.7 Å². The summed E-state index contributed by atoms with van der Waals surface area (Å²) in [5, 5.41) is 24.7. The van der Waals surface area contributed by atoms with Gasteiger partial charge in [0.2, 0.25) is 5.88 Å². The van der Waals surface area contributed by atoms with Crippen molar-refractivity contribution in [2.24, 2.45) is 0 Å². The highest BCUT2D eigenvalue weighted by molar-refractivity contribution is 6.05. The molecule has 1 aliphatic carbocycles. The number of hydrogen-bond acceptors (Lipinski definition) is 6. The molecule has 1 saturated carbocycles. The van der Waals surface area contributed by atoms with Gasteiger partial charge < -0.3 is 25.8 Å². The van der Waals surface area contributed by atoms with Gasteiger partial charge in [-0.2, -0.15) is 5.10 Å². The van der Waals surface area contributed by atoms with Crippen LogP contribution in [0.3, 0.4) is 0 Å². The molecule has 3 amide bonds. The maximum Gasteiger partial charge on any atom is 0.404 e. The van der Waals surface area contributed by atoms with Gasteiger partial charge in [0.25, 0.3) is 11.8 Å². The number of nitrogens with one attached hydrogen (secondary N) is 4. The Morgan fingerprint density at radius 3 is 2.56 bits per heavy atom. The SMILES string of the molecule is CNC(=O)c1n[nH]c2cc(-c3cnc(OC)c(C(=O)NC4CCCC(NC(=O)O)C4)c3)ccc12. The van der Waals surface area contributed by atoms with Crippen molar-refractivity contribution in [2.45, 2.75) is 37.8 Å². The number of aromatic amines is 1. The summed E-state index contributed by atoms with van der Waals surface area (Å²) >= 11 is 0. The standard InChI is InChI=1S/C23H26N6O5/c1-24-21(31)19-16-7-6-12(9-18(16)28-29-19)13-8-17(22(34-2)25-11-13)20(30)26-14-4-3-5-15(10-14)27-23(32)33/h6-9,11,14-15,27H,3-5,10H2,1-2H3,(H,24,31)(H,26,30)(H,28,29)(H,32,33). The summed E-state index contributed by atoms with van der Waals surface area (Å²) in [7, 11) is 2.99. The minimum absolute atomic E-state index is 0.157. The Morgan fingerprint density at radius 2 is 1.85 bits per heavy atom. The molecule has 0 bridgehead atoms. The summed E-state index contributed by atoms with van der Waals surface area (Å²) in [5.41, 5.74) is 2.74. The van der Waals surface area contributed by atoms with Crippen molar-refractivity contribution >= 4 is 28.8 Å². The van der Waals surface area contributed by atoms with E-state index in [9.17, 15) is 14.4 Å². The number of rotatable bonds is 6. The van der Waals surface area contributed by atoms with E-state index >= 15 is 0 Å². The van der Waals surface area contributed by atoms with E-state index in [1.54, 1.807) is 25.4 Å². The molecule has 1 fully saturated rings. The van der Waals surface area contributed by atoms with Gasteiger partial charge in [-0.1, -0.05) is 6.07 Å². The molecule has 2 heterocycles. The van der Waals surface area contributed by atoms with Gasteiger partial charge in [0.05, 0.1) is 12.6 Å². The molecule has 4 rings (SSSR count). The minimum Gasteiger partial charge on any atom is -0.480 e. The highest BCUT2D eigenvalue weighted by Gasteiger charge is 2.26. The number of carboxylic acid groups (broad SMARTS) is 1. The maximum absolute atomic E-state index is 13.1. The third kappa shape index (κ3) is 4.77. The molecule has 2 unspecified atom stereocenters. The number of methoxy groups -OCH3 is 1. The van der Waals surface area contributed by atoms with Gasteiger partial charge >= 0.3 is 6.09 Å². The lowest BCUT2D eigenvalue weighted by molar-refractivity contribution is 0.0918. The number of H-pyrrole nitrogens is 1. The Balaban J connectivity index is 1.57. The molecular weight excluding hydrogens is 440 g/mol. The number of carbonyl (C=O) groups is 3. The van der Waals surface area contributed by atoms with E-state index in [4.69, 9.17) is 9.84 Å². The predicted molar refractivity (Wildman–Crippen MR) is 124 cm³/mol. The van der Waals surface area contributed by atoms with Crippen LogP contribution >= 0.6 is 0 Å². The van der Waals surface area contributed by atoms with Crippen molar-refractivity contribution < 1.29 is 24.2 Å². The summed E-state index contributed by atoms with van der Waals surface area (Å²) in [5.74, 6) is -0.425. The first-order valence-electron chi connectivity index (χ1n) is 10.9. The van der Waals surface area contributed by atoms with Gasteiger partial charge in [0.15, 0.2) is 5.69 Å². The molecule has 1 aromatic carbocycles. The minimum atomic E-state index is -1.06. The van der Waals surface area contributed by atoms with Gasteiger partial charge in [-0.3, -0.25) is 14.7 Å². The van der Waals surface area contributed by atoms with Crippen LogP contribution in [0.25, 0.3) is 22.0 Å². The quantitative estimate of drug-likeness (QED) is 0.373. The lowest BCUT2D eigenvalue weighted by atomic mass is 9.91. The molecule has 11 nitrogen and oxygen atoms in total. The second-order valence-corrected chi connectivity index (χ2v) is 8.18. The average Bonchev–Trinajstić information content (AvgIpc) is 3.26. The van der Waals surface area contributed by atoms with Crippen LogP contribution in [0.15, 0.2) is 30.5 Å². The van der Waals surface area contributed by atoms with E-state index in [0.29, 0.717) is 28.6 Å². The Labute approximate surface area is 195 Å². The zero-order valence-corrected chi connectivity index (χ0v) is 18.8. The zero-order chi connectivity index (χ0) is 24.2. The van der Waals surface area contributed by atoms with Crippen LogP contribution in [0, 0.1) is 0 Å². The van der Waals surface area contributed by atoms with Gasteiger partial charge in [0, 0.05) is 36.3 Å². The topological polar surface area (TPSA) is 158 Å². The largest absolute Gasteiger partial charge is 0.480 e. The Bertz CT molecular complexity index is 1240. The van der Waals surface area contributed by atoms with Gasteiger partial charge in [-0.25, -0.2) is 9.78 Å². The van der Waals surface area contributed by atoms with E-state index < -0.39 is 6.09 Å². The van der Waals surface area contributed by atoms with Crippen molar-refractivity contribution in [3.8, 4) is 17.0 Å². The van der Waals surface area contributed by atoms with E-state index in [1.165, 1.54) is 7.11 Å². The summed E-state index contributed by atoms with van der Waals surface area (Å²) in [6.45, 7) is 0. The molecule has 1 aliphatic rings. The molecule has 11 heteroatoms. The summed E-state index contributed by atoms with van der Waals surface area (Å²) in [6.07, 6.45) is 3.40.